The predicted molar refractivity (Wildman–Crippen MR) is 43.0 cm³/mol. The van der Waals surface area contributed by atoms with E-state index in [2.05, 4.69) is 0 Å². The van der Waals surface area contributed by atoms with Crippen molar-refractivity contribution in [3.05, 3.63) is 0 Å². The van der Waals surface area contributed by atoms with Gasteiger partial charge in [-0.3, -0.25) is 9.11 Å². The molecule has 14 heteroatoms. The first-order chi connectivity index (χ1) is 2.00. The van der Waals surface area contributed by atoms with Gasteiger partial charge in [0, 0.05) is 33.3 Å². The van der Waals surface area contributed by atoms with E-state index in [-0.39, 0.29) is 118 Å². The minimum atomic E-state index is -4.67. The fraction of sp³-hybridized carbons (Fsp3) is 0. The average Bonchev–Trinajstić information content (AvgIpc) is 0.722. The molecule has 14 N–H and O–H groups in total. The molecule has 0 atom stereocenters. The summed E-state index contributed by atoms with van der Waals surface area (Å²) in [6.07, 6.45) is 0. The Morgan fingerprint density at radius 3 is 0.714 bits per heavy atom. The molecule has 0 unspecified atom stereocenters. The number of rotatable bonds is 0. The molecule has 0 saturated carbocycles. The van der Waals surface area contributed by atoms with Gasteiger partial charge in [-0.1, -0.05) is 0 Å². The van der Waals surface area contributed by atoms with Crippen LogP contribution in [-0.2, 0) is 43.7 Å². The monoisotopic (exact) mass is 363 g/mol. The van der Waals surface area contributed by atoms with Crippen LogP contribution in [0.2, 0.25) is 0 Å². The van der Waals surface area contributed by atoms with E-state index in [4.69, 9.17) is 17.5 Å². The molecule has 0 aromatic rings. The Labute approximate surface area is 143 Å². The Balaban J connectivity index is -0.00000000222. The molecule has 0 heterocycles. The maximum atomic E-state index is 8.74. The molecule has 0 amide bonds. The van der Waals surface area contributed by atoms with Crippen LogP contribution in [0.25, 0.3) is 0 Å². The van der Waals surface area contributed by atoms with Crippen LogP contribution < -0.4 is 0 Å². The van der Waals surface area contributed by atoms with Gasteiger partial charge in [-0.15, -0.1) is 0 Å². The van der Waals surface area contributed by atoms with Gasteiger partial charge in [0.25, 0.3) is 0 Å². The van der Waals surface area contributed by atoms with E-state index in [1.165, 1.54) is 0 Å². The van der Waals surface area contributed by atoms with Crippen molar-refractivity contribution in [3.63, 3.8) is 0 Å². The average molecular weight is 364 g/mol. The van der Waals surface area contributed by atoms with Crippen molar-refractivity contribution < 1.29 is 83.7 Å². The van der Waals surface area contributed by atoms with Gasteiger partial charge in [-0.2, -0.15) is 8.42 Å². The van der Waals surface area contributed by atoms with Crippen molar-refractivity contribution in [1.82, 2.24) is 0 Å². The minimum absolute atomic E-state index is 0. The molecule has 0 bridgehead atoms. The van der Waals surface area contributed by atoms with Crippen LogP contribution in [0.15, 0.2) is 0 Å². The molecule has 0 fully saturated rings. The largest absolute Gasteiger partial charge is 0 e. The third-order valence-corrected chi connectivity index (χ3v) is 0. The molecule has 0 saturated heterocycles. The minimum Gasteiger partial charge on any atom is 0 e. The Hall–Kier alpha value is 2.27. The maximum Gasteiger partial charge on any atom is 0 e. The number of hydrogen-bond acceptors (Lipinski definition) is 2. The Morgan fingerprint density at radius 1 is 0.714 bits per heavy atom. The van der Waals surface area contributed by atoms with Crippen LogP contribution in [-0.4, -0.2) is 102 Å². The van der Waals surface area contributed by atoms with Crippen molar-refractivity contribution in [3.8, 4) is 0 Å². The van der Waals surface area contributed by atoms with Crippen LogP contribution in [0.4, 0.5) is 0 Å². The zero-order chi connectivity index (χ0) is 4.50. The summed E-state index contributed by atoms with van der Waals surface area (Å²) in [4.78, 5) is 0. The summed E-state index contributed by atoms with van der Waals surface area (Å²) < 4.78 is 31.6. The zero-order valence-corrected chi connectivity index (χ0v) is 8.61. The molecule has 0 aliphatic heterocycles. The van der Waals surface area contributed by atoms with Gasteiger partial charge in [-0.25, -0.2) is 0 Å². The first kappa shape index (κ1) is 96.5. The van der Waals surface area contributed by atoms with Crippen LogP contribution >= 0.6 is 0 Å². The molecule has 1 radical (unpaired) electrons. The fourth-order valence-electron chi connectivity index (χ4n) is 0. The molecule has 14 heavy (non-hydrogen) atoms. The van der Waals surface area contributed by atoms with E-state index in [0.29, 0.717) is 0 Å². The second-order valence-electron chi connectivity index (χ2n) is 0.448. The molecular formula is H15CoKNiO10S. The summed E-state index contributed by atoms with van der Waals surface area (Å²) >= 11 is 0. The molecule has 0 aliphatic carbocycles. The van der Waals surface area contributed by atoms with E-state index >= 15 is 0 Å². The van der Waals surface area contributed by atoms with E-state index in [1.54, 1.807) is 0 Å². The van der Waals surface area contributed by atoms with Crippen molar-refractivity contribution in [2.45, 2.75) is 0 Å². The molecule has 101 valence electrons. The summed E-state index contributed by atoms with van der Waals surface area (Å²) in [6.45, 7) is 0. The summed E-state index contributed by atoms with van der Waals surface area (Å²) in [5.74, 6) is 0. The standard InChI is InChI=1S/Co.K.Ni.H2O4S.6H2O.H/c;;;1-5(2,3)4;;;;;;;/h;;;(H2,1,2,3,4);6*1H2;. The molecule has 0 rings (SSSR count). The number of hydrogen-bond donors (Lipinski definition) is 2. The van der Waals surface area contributed by atoms with Crippen LogP contribution in [0.3, 0.4) is 0 Å². The Morgan fingerprint density at radius 2 is 0.714 bits per heavy atom. The Bertz CT molecular complexity index is 103. The first-order valence-corrected chi connectivity index (χ1v) is 2.10. The predicted octanol–water partition coefficient (Wildman–Crippen LogP) is -6.25. The molecule has 0 aliphatic rings. The quantitative estimate of drug-likeness (QED) is 0.313. The van der Waals surface area contributed by atoms with Gasteiger partial charge in [0.15, 0.2) is 0 Å². The van der Waals surface area contributed by atoms with Crippen molar-refractivity contribution >= 4 is 61.8 Å². The van der Waals surface area contributed by atoms with E-state index in [9.17, 15) is 0 Å². The van der Waals surface area contributed by atoms with Crippen LogP contribution in [0.1, 0.15) is 0 Å². The van der Waals surface area contributed by atoms with Gasteiger partial charge < -0.3 is 32.9 Å². The van der Waals surface area contributed by atoms with Gasteiger partial charge in [0.05, 0.1) is 0 Å². The van der Waals surface area contributed by atoms with Gasteiger partial charge >= 0.3 is 61.8 Å². The van der Waals surface area contributed by atoms with E-state index in [0.717, 1.165) is 0 Å². The second-order valence-corrected chi connectivity index (χ2v) is 1.34. The summed E-state index contributed by atoms with van der Waals surface area (Å²) in [5, 5.41) is 0. The topological polar surface area (TPSA) is 264 Å². The first-order valence-electron chi connectivity index (χ1n) is 0.698. The van der Waals surface area contributed by atoms with Crippen molar-refractivity contribution in [2.75, 3.05) is 0 Å². The zero-order valence-electron chi connectivity index (χ0n) is 5.77. The summed E-state index contributed by atoms with van der Waals surface area (Å²) in [7, 11) is -4.67. The van der Waals surface area contributed by atoms with Gasteiger partial charge in [-0.05, 0) is 0 Å². The van der Waals surface area contributed by atoms with Crippen molar-refractivity contribution in [1.29, 1.82) is 0 Å². The van der Waals surface area contributed by atoms with Gasteiger partial charge in [0.2, 0.25) is 0 Å². The van der Waals surface area contributed by atoms with E-state index < -0.39 is 10.4 Å². The normalized spacial score (nSPS) is 4.14. The molecular weight excluding hydrogens is 349 g/mol. The Kier molecular flexibility index (Phi) is 314. The second kappa shape index (κ2) is 45.5. The summed E-state index contributed by atoms with van der Waals surface area (Å²) in [6, 6.07) is 0. The van der Waals surface area contributed by atoms with Gasteiger partial charge in [0.1, 0.15) is 0 Å². The third kappa shape index (κ3) is 489. The third-order valence-electron chi connectivity index (χ3n) is 0. The summed E-state index contributed by atoms with van der Waals surface area (Å²) in [5.41, 5.74) is 0. The fourth-order valence-corrected chi connectivity index (χ4v) is 0. The van der Waals surface area contributed by atoms with E-state index in [1.807, 2.05) is 0 Å². The molecule has 0 aromatic carbocycles. The molecule has 10 nitrogen and oxygen atoms in total. The SMILES string of the molecule is O.O.O.O.O.O.O=S(=O)(O)O.[Co].[KH].[Ni]. The smallest absolute Gasteiger partial charge is 0 e. The van der Waals surface area contributed by atoms with Crippen LogP contribution in [0.5, 0.6) is 0 Å². The molecule has 0 spiro atoms. The molecule has 0 aromatic heterocycles. The van der Waals surface area contributed by atoms with Crippen molar-refractivity contribution in [2.24, 2.45) is 0 Å². The van der Waals surface area contributed by atoms with Crippen LogP contribution in [0, 0.1) is 0 Å². The maximum absolute atomic E-state index is 8.74.